The average Bonchev–Trinajstić information content (AvgIpc) is 2.34. The Morgan fingerprint density at radius 2 is 1.86 bits per heavy atom. The third-order valence-corrected chi connectivity index (χ3v) is 2.71. The smallest absolute Gasteiger partial charge is 0.478 e. The second-order valence-corrected chi connectivity index (χ2v) is 4.31. The molecule has 1 aromatic heterocycles. The molecular formula is C12H13F3N2O4. The number of carboxylic acid groups (broad SMARTS) is 2. The summed E-state index contributed by atoms with van der Waals surface area (Å²) in [5, 5.41) is 19.1. The lowest BCUT2D eigenvalue weighted by Crippen LogP contribution is -2.27. The molecule has 1 aromatic rings. The number of carboxylic acids is 2. The van der Waals surface area contributed by atoms with E-state index in [1.807, 2.05) is 0 Å². The molecule has 0 aliphatic heterocycles. The lowest BCUT2D eigenvalue weighted by atomic mass is 9.93. The van der Waals surface area contributed by atoms with Crippen LogP contribution in [0.3, 0.4) is 0 Å². The zero-order valence-electron chi connectivity index (χ0n) is 10.7. The van der Waals surface area contributed by atoms with E-state index in [2.05, 4.69) is 10.3 Å². The molecule has 0 radical (unpaired) electrons. The number of hydrogen-bond donors (Lipinski definition) is 3. The number of carbonyl (C=O) groups is 2. The Balaban J connectivity index is 0.000000270. The standard InChI is InChI=1S/C10H12N2O2.C2HF3O2/c13-10(14)7-4-5-11-9(6-7)12-8-2-1-3-8;3-2(4,5)1(6)7/h4-6,8H,1-3H2,(H,11,12)(H,13,14);(H,6,7). The molecule has 0 bridgehead atoms. The fourth-order valence-corrected chi connectivity index (χ4v) is 1.40. The van der Waals surface area contributed by atoms with E-state index in [9.17, 15) is 18.0 Å². The molecule has 0 unspecified atom stereocenters. The van der Waals surface area contributed by atoms with E-state index in [4.69, 9.17) is 15.0 Å². The number of rotatable bonds is 3. The molecule has 3 N–H and O–H groups in total. The van der Waals surface area contributed by atoms with E-state index >= 15 is 0 Å². The van der Waals surface area contributed by atoms with Gasteiger partial charge in [-0.25, -0.2) is 14.6 Å². The first-order valence-electron chi connectivity index (χ1n) is 5.96. The normalized spacial score (nSPS) is 14.4. The molecule has 9 heteroatoms. The minimum absolute atomic E-state index is 0.279. The second kappa shape index (κ2) is 6.91. The Kier molecular flexibility index (Phi) is 5.51. The molecule has 1 aliphatic carbocycles. The van der Waals surface area contributed by atoms with E-state index in [0.717, 1.165) is 12.8 Å². The summed E-state index contributed by atoms with van der Waals surface area (Å²) in [7, 11) is 0. The fraction of sp³-hybridized carbons (Fsp3) is 0.417. The summed E-state index contributed by atoms with van der Waals surface area (Å²) in [6.07, 6.45) is -0.0152. The number of aromatic carboxylic acids is 1. The molecule has 1 aliphatic rings. The van der Waals surface area contributed by atoms with Gasteiger partial charge < -0.3 is 15.5 Å². The lowest BCUT2D eigenvalue weighted by molar-refractivity contribution is -0.192. The lowest BCUT2D eigenvalue weighted by Gasteiger charge is -2.26. The number of aliphatic carboxylic acids is 1. The molecule has 0 atom stereocenters. The van der Waals surface area contributed by atoms with Gasteiger partial charge in [-0.2, -0.15) is 13.2 Å². The average molecular weight is 306 g/mol. The number of hydrogen-bond acceptors (Lipinski definition) is 4. The van der Waals surface area contributed by atoms with Gasteiger partial charge in [0.15, 0.2) is 0 Å². The molecule has 0 aromatic carbocycles. The summed E-state index contributed by atoms with van der Waals surface area (Å²) in [5.41, 5.74) is 0.279. The number of alkyl halides is 3. The number of anilines is 1. The Morgan fingerprint density at radius 3 is 2.24 bits per heavy atom. The van der Waals surface area contributed by atoms with Gasteiger partial charge >= 0.3 is 18.1 Å². The van der Waals surface area contributed by atoms with Crippen LogP contribution in [0.1, 0.15) is 29.6 Å². The monoisotopic (exact) mass is 306 g/mol. The van der Waals surface area contributed by atoms with E-state index < -0.39 is 18.1 Å². The molecule has 21 heavy (non-hydrogen) atoms. The van der Waals surface area contributed by atoms with Gasteiger partial charge in [-0.15, -0.1) is 0 Å². The first-order valence-corrected chi connectivity index (χ1v) is 5.96. The van der Waals surface area contributed by atoms with Crippen LogP contribution in [0.25, 0.3) is 0 Å². The zero-order valence-corrected chi connectivity index (χ0v) is 10.7. The van der Waals surface area contributed by atoms with Gasteiger partial charge in [0.25, 0.3) is 0 Å². The SMILES string of the molecule is O=C(O)C(F)(F)F.O=C(O)c1ccnc(NC2CCC2)c1. The van der Waals surface area contributed by atoms with Crippen LogP contribution in [-0.4, -0.2) is 39.4 Å². The third-order valence-electron chi connectivity index (χ3n) is 2.71. The summed E-state index contributed by atoms with van der Waals surface area (Å²) < 4.78 is 31.7. The van der Waals surface area contributed by atoms with Crippen LogP contribution in [0.2, 0.25) is 0 Å². The molecule has 0 amide bonds. The minimum Gasteiger partial charge on any atom is -0.478 e. The molecule has 1 heterocycles. The fourth-order valence-electron chi connectivity index (χ4n) is 1.40. The Hall–Kier alpha value is -2.32. The van der Waals surface area contributed by atoms with Crippen molar-refractivity contribution in [2.75, 3.05) is 5.32 Å². The Bertz CT molecular complexity index is 515. The summed E-state index contributed by atoms with van der Waals surface area (Å²) in [6, 6.07) is 3.54. The number of halogens is 3. The summed E-state index contributed by atoms with van der Waals surface area (Å²) in [5.74, 6) is -3.01. The molecule has 1 saturated carbocycles. The van der Waals surface area contributed by atoms with Crippen molar-refractivity contribution in [2.45, 2.75) is 31.5 Å². The van der Waals surface area contributed by atoms with Gasteiger partial charge in [-0.05, 0) is 31.4 Å². The van der Waals surface area contributed by atoms with Crippen LogP contribution in [0.4, 0.5) is 19.0 Å². The third kappa shape index (κ3) is 5.67. The van der Waals surface area contributed by atoms with Crippen molar-refractivity contribution in [3.63, 3.8) is 0 Å². The number of aromatic nitrogens is 1. The Morgan fingerprint density at radius 1 is 1.29 bits per heavy atom. The van der Waals surface area contributed by atoms with Crippen LogP contribution in [0.5, 0.6) is 0 Å². The first-order chi connectivity index (χ1) is 9.70. The largest absolute Gasteiger partial charge is 0.490 e. The van der Waals surface area contributed by atoms with Gasteiger partial charge in [-0.3, -0.25) is 0 Å². The molecule has 6 nitrogen and oxygen atoms in total. The molecule has 116 valence electrons. The predicted molar refractivity (Wildman–Crippen MR) is 66.1 cm³/mol. The maximum absolute atomic E-state index is 10.7. The van der Waals surface area contributed by atoms with Gasteiger partial charge in [0.1, 0.15) is 5.82 Å². The second-order valence-electron chi connectivity index (χ2n) is 4.31. The van der Waals surface area contributed by atoms with E-state index in [-0.39, 0.29) is 5.56 Å². The highest BCUT2D eigenvalue weighted by molar-refractivity contribution is 5.88. The Labute approximate surface area is 117 Å². The summed E-state index contributed by atoms with van der Waals surface area (Å²) >= 11 is 0. The first kappa shape index (κ1) is 16.7. The quantitative estimate of drug-likeness (QED) is 0.793. The van der Waals surface area contributed by atoms with Crippen LogP contribution in [-0.2, 0) is 4.79 Å². The zero-order chi connectivity index (χ0) is 16.0. The number of nitrogens with one attached hydrogen (secondary N) is 1. The summed E-state index contributed by atoms with van der Waals surface area (Å²) in [4.78, 5) is 23.6. The highest BCUT2D eigenvalue weighted by atomic mass is 19.4. The van der Waals surface area contributed by atoms with E-state index in [1.54, 1.807) is 6.07 Å². The van der Waals surface area contributed by atoms with E-state index in [1.165, 1.54) is 18.7 Å². The highest BCUT2D eigenvalue weighted by Crippen LogP contribution is 2.22. The van der Waals surface area contributed by atoms with Crippen molar-refractivity contribution in [1.82, 2.24) is 4.98 Å². The molecule has 2 rings (SSSR count). The minimum atomic E-state index is -5.08. The number of pyridine rings is 1. The molecular weight excluding hydrogens is 293 g/mol. The maximum atomic E-state index is 10.7. The van der Waals surface area contributed by atoms with E-state index in [0.29, 0.717) is 11.9 Å². The van der Waals surface area contributed by atoms with Crippen molar-refractivity contribution in [1.29, 1.82) is 0 Å². The number of nitrogens with zero attached hydrogens (tertiary/aromatic N) is 1. The van der Waals surface area contributed by atoms with Crippen molar-refractivity contribution in [2.24, 2.45) is 0 Å². The van der Waals surface area contributed by atoms with Crippen molar-refractivity contribution in [3.8, 4) is 0 Å². The maximum Gasteiger partial charge on any atom is 0.490 e. The van der Waals surface area contributed by atoms with Crippen LogP contribution in [0, 0.1) is 0 Å². The molecule has 1 fully saturated rings. The van der Waals surface area contributed by atoms with Crippen LogP contribution < -0.4 is 5.32 Å². The van der Waals surface area contributed by atoms with Gasteiger partial charge in [0, 0.05) is 12.2 Å². The van der Waals surface area contributed by atoms with Gasteiger partial charge in [0.2, 0.25) is 0 Å². The molecule has 0 saturated heterocycles. The highest BCUT2D eigenvalue weighted by Gasteiger charge is 2.38. The van der Waals surface area contributed by atoms with Crippen molar-refractivity contribution < 1.29 is 33.0 Å². The van der Waals surface area contributed by atoms with Crippen molar-refractivity contribution >= 4 is 17.8 Å². The summed E-state index contributed by atoms with van der Waals surface area (Å²) in [6.45, 7) is 0. The molecule has 0 spiro atoms. The van der Waals surface area contributed by atoms with Gasteiger partial charge in [0.05, 0.1) is 5.56 Å². The topological polar surface area (TPSA) is 99.5 Å². The van der Waals surface area contributed by atoms with Gasteiger partial charge in [-0.1, -0.05) is 0 Å². The van der Waals surface area contributed by atoms with Crippen LogP contribution in [0.15, 0.2) is 18.3 Å². The van der Waals surface area contributed by atoms with Crippen LogP contribution >= 0.6 is 0 Å². The van der Waals surface area contributed by atoms with Crippen molar-refractivity contribution in [3.05, 3.63) is 23.9 Å². The predicted octanol–water partition coefficient (Wildman–Crippen LogP) is 2.38.